The normalized spacial score (nSPS) is 16.0. The summed E-state index contributed by atoms with van der Waals surface area (Å²) in [5, 5.41) is 8.05. The average molecular weight is 352 g/mol. The highest BCUT2D eigenvalue weighted by molar-refractivity contribution is 5.96. The highest BCUT2D eigenvalue weighted by Gasteiger charge is 2.21. The van der Waals surface area contributed by atoms with E-state index in [4.69, 9.17) is 9.47 Å². The van der Waals surface area contributed by atoms with Crippen LogP contribution in [0.25, 0.3) is 11.0 Å². The number of pyridine rings is 1. The number of nitrogens with zero attached hydrogens (tertiary/aromatic N) is 3. The average Bonchev–Trinajstić information content (AvgIpc) is 3.09. The van der Waals surface area contributed by atoms with Crippen molar-refractivity contribution in [1.29, 1.82) is 0 Å². The summed E-state index contributed by atoms with van der Waals surface area (Å²) in [5.41, 5.74) is 1.27. The molecule has 3 heterocycles. The maximum Gasteiger partial charge on any atom is 0.253 e. The zero-order valence-corrected chi connectivity index (χ0v) is 14.7. The molecular formula is C19H20N4O3. The van der Waals surface area contributed by atoms with Gasteiger partial charge in [0.1, 0.15) is 12.7 Å². The number of amides is 1. The molecule has 0 saturated heterocycles. The quantitative estimate of drug-likeness (QED) is 0.781. The van der Waals surface area contributed by atoms with Crippen molar-refractivity contribution in [1.82, 2.24) is 20.1 Å². The molecule has 0 fully saturated rings. The Labute approximate surface area is 150 Å². The molecule has 0 bridgehead atoms. The predicted octanol–water partition coefficient (Wildman–Crippen LogP) is 2.58. The molecule has 0 unspecified atom stereocenters. The van der Waals surface area contributed by atoms with Gasteiger partial charge in [-0.3, -0.25) is 4.79 Å². The predicted molar refractivity (Wildman–Crippen MR) is 96.6 cm³/mol. The van der Waals surface area contributed by atoms with Crippen molar-refractivity contribution in [3.8, 4) is 11.5 Å². The second kappa shape index (κ2) is 6.67. The maximum absolute atomic E-state index is 12.4. The van der Waals surface area contributed by atoms with E-state index in [1.807, 2.05) is 42.8 Å². The maximum atomic E-state index is 12.4. The van der Waals surface area contributed by atoms with Gasteiger partial charge in [0, 0.05) is 17.6 Å². The zero-order chi connectivity index (χ0) is 18.1. The third kappa shape index (κ3) is 3.08. The zero-order valence-electron chi connectivity index (χ0n) is 14.7. The van der Waals surface area contributed by atoms with Crippen LogP contribution in [0, 0.1) is 0 Å². The van der Waals surface area contributed by atoms with Crippen molar-refractivity contribution < 1.29 is 14.3 Å². The Morgan fingerprint density at radius 3 is 2.92 bits per heavy atom. The molecule has 4 rings (SSSR count). The monoisotopic (exact) mass is 352 g/mol. The SMILES string of the molecule is CC(C)n1ncc2cc(C(=O)NC[C@@H]3COc4ccccc4O3)cnc21. The fourth-order valence-corrected chi connectivity index (χ4v) is 2.91. The molecule has 1 amide bonds. The summed E-state index contributed by atoms with van der Waals surface area (Å²) in [7, 11) is 0. The van der Waals surface area contributed by atoms with Crippen LogP contribution < -0.4 is 14.8 Å². The lowest BCUT2D eigenvalue weighted by molar-refractivity contribution is 0.0789. The van der Waals surface area contributed by atoms with Crippen molar-refractivity contribution in [2.24, 2.45) is 0 Å². The van der Waals surface area contributed by atoms with E-state index in [2.05, 4.69) is 15.4 Å². The van der Waals surface area contributed by atoms with E-state index < -0.39 is 0 Å². The first-order chi connectivity index (χ1) is 12.6. The molecule has 134 valence electrons. The van der Waals surface area contributed by atoms with Crippen molar-refractivity contribution in [3.05, 3.63) is 48.3 Å². The molecule has 0 radical (unpaired) electrons. The lowest BCUT2D eigenvalue weighted by atomic mass is 10.2. The third-order valence-electron chi connectivity index (χ3n) is 4.24. The molecule has 1 N–H and O–H groups in total. The molecule has 1 aliphatic heterocycles. The number of ether oxygens (including phenoxy) is 2. The van der Waals surface area contributed by atoms with Crippen molar-refractivity contribution in [3.63, 3.8) is 0 Å². The van der Waals surface area contributed by atoms with Gasteiger partial charge in [-0.2, -0.15) is 5.10 Å². The van der Waals surface area contributed by atoms with Gasteiger partial charge >= 0.3 is 0 Å². The molecular weight excluding hydrogens is 332 g/mol. The smallest absolute Gasteiger partial charge is 0.253 e. The standard InChI is InChI=1S/C19H20N4O3/c1-12(2)23-18-13(9-22-23)7-14(8-20-18)19(24)21-10-15-11-25-16-5-3-4-6-17(16)26-15/h3-9,12,15H,10-11H2,1-2H3,(H,21,24)/t15-/m1/s1. The fraction of sp³-hybridized carbons (Fsp3) is 0.316. The first-order valence-electron chi connectivity index (χ1n) is 8.62. The van der Waals surface area contributed by atoms with Crippen LogP contribution in [0.2, 0.25) is 0 Å². The minimum absolute atomic E-state index is 0.195. The second-order valence-corrected chi connectivity index (χ2v) is 6.53. The lowest BCUT2D eigenvalue weighted by Crippen LogP contribution is -2.40. The number of aromatic nitrogens is 3. The van der Waals surface area contributed by atoms with Gasteiger partial charge in [0.2, 0.25) is 0 Å². The van der Waals surface area contributed by atoms with Crippen LogP contribution in [0.3, 0.4) is 0 Å². The van der Waals surface area contributed by atoms with Gasteiger partial charge in [-0.1, -0.05) is 12.1 Å². The van der Waals surface area contributed by atoms with Gasteiger partial charge in [-0.15, -0.1) is 0 Å². The Morgan fingerprint density at radius 2 is 2.12 bits per heavy atom. The first kappa shape index (κ1) is 16.4. The van der Waals surface area contributed by atoms with E-state index in [0.717, 1.165) is 16.8 Å². The van der Waals surface area contributed by atoms with Gasteiger partial charge in [-0.05, 0) is 32.0 Å². The van der Waals surface area contributed by atoms with Gasteiger partial charge in [0.15, 0.2) is 17.1 Å². The number of hydrogen-bond acceptors (Lipinski definition) is 5. The number of rotatable bonds is 4. The van der Waals surface area contributed by atoms with Crippen LogP contribution >= 0.6 is 0 Å². The molecule has 0 aliphatic carbocycles. The highest BCUT2D eigenvalue weighted by atomic mass is 16.6. The molecule has 1 atom stereocenters. The van der Waals surface area contributed by atoms with E-state index >= 15 is 0 Å². The molecule has 2 aromatic heterocycles. The minimum Gasteiger partial charge on any atom is -0.486 e. The van der Waals surface area contributed by atoms with E-state index in [1.54, 1.807) is 18.5 Å². The summed E-state index contributed by atoms with van der Waals surface area (Å²) in [5.74, 6) is 1.23. The first-order valence-corrected chi connectivity index (χ1v) is 8.62. The number of nitrogens with one attached hydrogen (secondary N) is 1. The second-order valence-electron chi connectivity index (χ2n) is 6.53. The Balaban J connectivity index is 1.42. The van der Waals surface area contributed by atoms with Crippen LogP contribution in [0.1, 0.15) is 30.2 Å². The number of benzene rings is 1. The molecule has 0 saturated carbocycles. The van der Waals surface area contributed by atoms with Gasteiger partial charge < -0.3 is 14.8 Å². The van der Waals surface area contributed by atoms with Crippen molar-refractivity contribution in [2.45, 2.75) is 26.0 Å². The fourth-order valence-electron chi connectivity index (χ4n) is 2.91. The van der Waals surface area contributed by atoms with E-state index in [-0.39, 0.29) is 18.1 Å². The summed E-state index contributed by atoms with van der Waals surface area (Å²) in [6.45, 7) is 4.84. The number of fused-ring (bicyclic) bond motifs is 2. The van der Waals surface area contributed by atoms with Crippen LogP contribution in [-0.4, -0.2) is 39.9 Å². The van der Waals surface area contributed by atoms with Crippen molar-refractivity contribution in [2.75, 3.05) is 13.2 Å². The molecule has 7 nitrogen and oxygen atoms in total. The van der Waals surface area contributed by atoms with Gasteiger partial charge in [0.05, 0.1) is 18.3 Å². The van der Waals surface area contributed by atoms with Crippen LogP contribution in [0.15, 0.2) is 42.7 Å². The van der Waals surface area contributed by atoms with E-state index in [0.29, 0.717) is 24.5 Å². The van der Waals surface area contributed by atoms with Gasteiger partial charge in [-0.25, -0.2) is 9.67 Å². The topological polar surface area (TPSA) is 78.3 Å². The Kier molecular flexibility index (Phi) is 4.20. The van der Waals surface area contributed by atoms with Crippen molar-refractivity contribution >= 4 is 16.9 Å². The summed E-state index contributed by atoms with van der Waals surface area (Å²) in [6, 6.07) is 9.52. The van der Waals surface area contributed by atoms with E-state index in [1.165, 1.54) is 0 Å². The summed E-state index contributed by atoms with van der Waals surface area (Å²) in [6.07, 6.45) is 3.08. The molecule has 26 heavy (non-hydrogen) atoms. The molecule has 3 aromatic rings. The summed E-state index contributed by atoms with van der Waals surface area (Å²) < 4.78 is 13.3. The largest absolute Gasteiger partial charge is 0.486 e. The molecule has 1 aromatic carbocycles. The van der Waals surface area contributed by atoms with Crippen LogP contribution in [0.5, 0.6) is 11.5 Å². The number of carbonyl (C=O) groups excluding carboxylic acids is 1. The molecule has 1 aliphatic rings. The summed E-state index contributed by atoms with van der Waals surface area (Å²) in [4.78, 5) is 16.8. The Morgan fingerprint density at radius 1 is 1.31 bits per heavy atom. The number of carbonyl (C=O) groups is 1. The van der Waals surface area contributed by atoms with Crippen LogP contribution in [-0.2, 0) is 0 Å². The Bertz CT molecular complexity index is 951. The highest BCUT2D eigenvalue weighted by Crippen LogP contribution is 2.30. The number of para-hydroxylation sites is 2. The Hall–Kier alpha value is -3.09. The summed E-state index contributed by atoms with van der Waals surface area (Å²) >= 11 is 0. The third-order valence-corrected chi connectivity index (χ3v) is 4.24. The number of hydrogen-bond donors (Lipinski definition) is 1. The van der Waals surface area contributed by atoms with Crippen LogP contribution in [0.4, 0.5) is 0 Å². The van der Waals surface area contributed by atoms with Gasteiger partial charge in [0.25, 0.3) is 5.91 Å². The van der Waals surface area contributed by atoms with E-state index in [9.17, 15) is 4.79 Å². The molecule has 7 heteroatoms. The minimum atomic E-state index is -0.228. The molecule has 0 spiro atoms. The lowest BCUT2D eigenvalue weighted by Gasteiger charge is -2.26.